The molecule has 1 atom stereocenters. The van der Waals surface area contributed by atoms with E-state index in [9.17, 15) is 5.11 Å². The molecule has 0 aromatic heterocycles. The fraction of sp³-hybridized carbons (Fsp3) is 0.818. The van der Waals surface area contributed by atoms with Crippen molar-refractivity contribution in [3.8, 4) is 0 Å². The molecule has 0 heterocycles. The van der Waals surface area contributed by atoms with Crippen molar-refractivity contribution in [2.45, 2.75) is 52.1 Å². The van der Waals surface area contributed by atoms with Crippen molar-refractivity contribution >= 4 is 0 Å². The highest BCUT2D eigenvalue weighted by atomic mass is 16.3. The molecule has 0 fully saturated rings. The Labute approximate surface area is 75.5 Å². The first-order valence-corrected chi connectivity index (χ1v) is 5.00. The van der Waals surface area contributed by atoms with Gasteiger partial charge in [-0.1, -0.05) is 38.3 Å². The highest BCUT2D eigenvalue weighted by Crippen LogP contribution is 2.38. The zero-order valence-electron chi connectivity index (χ0n) is 8.43. The Balaban J connectivity index is 2.61. The third kappa shape index (κ3) is 1.71. The molecule has 0 spiro atoms. The first-order chi connectivity index (χ1) is 5.62. The van der Waals surface area contributed by atoms with Crippen LogP contribution in [-0.2, 0) is 0 Å². The second-order valence-electron chi connectivity index (χ2n) is 4.05. The van der Waals surface area contributed by atoms with E-state index in [1.807, 2.05) is 0 Å². The van der Waals surface area contributed by atoms with Gasteiger partial charge in [-0.15, -0.1) is 0 Å². The van der Waals surface area contributed by atoms with E-state index < -0.39 is 5.60 Å². The monoisotopic (exact) mass is 168 g/mol. The van der Waals surface area contributed by atoms with Crippen molar-refractivity contribution in [1.82, 2.24) is 0 Å². The van der Waals surface area contributed by atoms with Crippen LogP contribution in [0.15, 0.2) is 11.6 Å². The molecule has 1 aliphatic rings. The molecule has 0 aromatic rings. The van der Waals surface area contributed by atoms with E-state index in [0.29, 0.717) is 5.92 Å². The molecular formula is C11H20O. The molecular weight excluding hydrogens is 148 g/mol. The lowest BCUT2D eigenvalue weighted by Crippen LogP contribution is -2.34. The van der Waals surface area contributed by atoms with Crippen LogP contribution in [0.3, 0.4) is 0 Å². The van der Waals surface area contributed by atoms with Gasteiger partial charge >= 0.3 is 0 Å². The van der Waals surface area contributed by atoms with Crippen molar-refractivity contribution in [3.05, 3.63) is 11.6 Å². The molecule has 1 unspecified atom stereocenters. The van der Waals surface area contributed by atoms with Crippen molar-refractivity contribution in [1.29, 1.82) is 0 Å². The molecule has 70 valence electrons. The van der Waals surface area contributed by atoms with Crippen LogP contribution in [0, 0.1) is 5.92 Å². The van der Waals surface area contributed by atoms with Crippen LogP contribution in [-0.4, -0.2) is 10.7 Å². The Morgan fingerprint density at radius 1 is 1.50 bits per heavy atom. The second kappa shape index (κ2) is 3.61. The summed E-state index contributed by atoms with van der Waals surface area (Å²) in [6, 6.07) is 0. The number of rotatable bonds is 3. The third-order valence-electron chi connectivity index (χ3n) is 3.13. The van der Waals surface area contributed by atoms with Crippen LogP contribution in [0.4, 0.5) is 0 Å². The molecule has 1 N–H and O–H groups in total. The highest BCUT2D eigenvalue weighted by Gasteiger charge is 2.36. The van der Waals surface area contributed by atoms with E-state index in [0.717, 1.165) is 25.7 Å². The topological polar surface area (TPSA) is 20.2 Å². The quantitative estimate of drug-likeness (QED) is 0.642. The van der Waals surface area contributed by atoms with Crippen LogP contribution in [0.1, 0.15) is 46.5 Å². The summed E-state index contributed by atoms with van der Waals surface area (Å²) in [4.78, 5) is 0. The van der Waals surface area contributed by atoms with Crippen molar-refractivity contribution in [2.75, 3.05) is 0 Å². The van der Waals surface area contributed by atoms with Gasteiger partial charge in [0.25, 0.3) is 0 Å². The van der Waals surface area contributed by atoms with Gasteiger partial charge in [-0.2, -0.15) is 0 Å². The highest BCUT2D eigenvalue weighted by molar-refractivity contribution is 5.14. The lowest BCUT2D eigenvalue weighted by Gasteiger charge is -2.31. The summed E-state index contributed by atoms with van der Waals surface area (Å²) < 4.78 is 0. The van der Waals surface area contributed by atoms with Gasteiger partial charge in [0.05, 0.1) is 5.60 Å². The fourth-order valence-corrected chi connectivity index (χ4v) is 2.34. The van der Waals surface area contributed by atoms with E-state index >= 15 is 0 Å². The average molecular weight is 168 g/mol. The molecule has 1 heteroatoms. The van der Waals surface area contributed by atoms with Gasteiger partial charge < -0.3 is 5.11 Å². The molecule has 0 aliphatic heterocycles. The zero-order chi connectivity index (χ0) is 9.19. The Morgan fingerprint density at radius 3 is 2.42 bits per heavy atom. The minimum atomic E-state index is -0.409. The van der Waals surface area contributed by atoms with Gasteiger partial charge in [0.15, 0.2) is 0 Å². The van der Waals surface area contributed by atoms with Gasteiger partial charge in [0.1, 0.15) is 0 Å². The predicted molar refractivity (Wildman–Crippen MR) is 52.0 cm³/mol. The normalized spacial score (nSPS) is 29.6. The lowest BCUT2D eigenvalue weighted by molar-refractivity contribution is -0.0114. The van der Waals surface area contributed by atoms with Gasteiger partial charge in [0, 0.05) is 0 Å². The zero-order valence-corrected chi connectivity index (χ0v) is 8.43. The molecule has 0 aromatic carbocycles. The van der Waals surface area contributed by atoms with Crippen molar-refractivity contribution in [2.24, 2.45) is 5.92 Å². The molecule has 12 heavy (non-hydrogen) atoms. The Bertz CT molecular complexity index is 179. The molecule has 0 saturated carbocycles. The molecule has 0 radical (unpaired) electrons. The van der Waals surface area contributed by atoms with Gasteiger partial charge in [0.2, 0.25) is 0 Å². The summed E-state index contributed by atoms with van der Waals surface area (Å²) in [6.45, 7) is 6.44. The Hall–Kier alpha value is -0.300. The molecule has 1 rings (SSSR count). The minimum Gasteiger partial charge on any atom is -0.389 e. The fourth-order valence-electron chi connectivity index (χ4n) is 2.34. The van der Waals surface area contributed by atoms with Crippen LogP contribution >= 0.6 is 0 Å². The SMILES string of the molecule is CCC(CC)C1(O)CC=C(C)C1. The van der Waals surface area contributed by atoms with Crippen LogP contribution in [0.5, 0.6) is 0 Å². The Morgan fingerprint density at radius 2 is 2.08 bits per heavy atom. The van der Waals surface area contributed by atoms with Crippen LogP contribution in [0.25, 0.3) is 0 Å². The van der Waals surface area contributed by atoms with Crippen LogP contribution < -0.4 is 0 Å². The van der Waals surface area contributed by atoms with Crippen molar-refractivity contribution < 1.29 is 5.11 Å². The van der Waals surface area contributed by atoms with Crippen molar-refractivity contribution in [3.63, 3.8) is 0 Å². The van der Waals surface area contributed by atoms with E-state index in [1.165, 1.54) is 5.57 Å². The summed E-state index contributed by atoms with van der Waals surface area (Å²) >= 11 is 0. The maximum atomic E-state index is 10.3. The third-order valence-corrected chi connectivity index (χ3v) is 3.13. The molecule has 0 amide bonds. The second-order valence-corrected chi connectivity index (χ2v) is 4.05. The van der Waals surface area contributed by atoms with E-state index in [4.69, 9.17) is 0 Å². The van der Waals surface area contributed by atoms with E-state index in [1.54, 1.807) is 0 Å². The summed E-state index contributed by atoms with van der Waals surface area (Å²) in [5, 5.41) is 10.3. The largest absolute Gasteiger partial charge is 0.389 e. The molecule has 0 bridgehead atoms. The number of hydrogen-bond acceptors (Lipinski definition) is 1. The van der Waals surface area contributed by atoms with Gasteiger partial charge in [-0.05, 0) is 25.7 Å². The standard InChI is InChI=1S/C11H20O/c1-4-10(5-2)11(12)7-6-9(3)8-11/h6,10,12H,4-5,7-8H2,1-3H3. The summed E-state index contributed by atoms with van der Waals surface area (Å²) in [6.07, 6.45) is 6.12. The first kappa shape index (κ1) is 9.79. The van der Waals surface area contributed by atoms with Gasteiger partial charge in [-0.25, -0.2) is 0 Å². The number of aliphatic hydroxyl groups is 1. The average Bonchev–Trinajstić information content (AvgIpc) is 2.34. The summed E-state index contributed by atoms with van der Waals surface area (Å²) in [5.74, 6) is 0.478. The lowest BCUT2D eigenvalue weighted by atomic mass is 9.81. The summed E-state index contributed by atoms with van der Waals surface area (Å²) in [7, 11) is 0. The maximum Gasteiger partial charge on any atom is 0.0746 e. The smallest absolute Gasteiger partial charge is 0.0746 e. The number of hydrogen-bond donors (Lipinski definition) is 1. The predicted octanol–water partition coefficient (Wildman–Crippen LogP) is 2.89. The van der Waals surface area contributed by atoms with E-state index in [2.05, 4.69) is 26.8 Å². The Kier molecular flexibility index (Phi) is 2.94. The first-order valence-electron chi connectivity index (χ1n) is 5.00. The van der Waals surface area contributed by atoms with Crippen LogP contribution in [0.2, 0.25) is 0 Å². The minimum absolute atomic E-state index is 0.409. The van der Waals surface area contributed by atoms with Gasteiger partial charge in [-0.3, -0.25) is 0 Å². The molecule has 1 aliphatic carbocycles. The maximum absolute atomic E-state index is 10.3. The van der Waals surface area contributed by atoms with E-state index in [-0.39, 0.29) is 0 Å². The molecule has 0 saturated heterocycles. The molecule has 1 nitrogen and oxygen atoms in total. The summed E-state index contributed by atoms with van der Waals surface area (Å²) in [5.41, 5.74) is 0.942.